The van der Waals surface area contributed by atoms with Crippen LogP contribution in [0.15, 0.2) is 24.3 Å². The van der Waals surface area contributed by atoms with E-state index >= 15 is 0 Å². The number of nitrogen functional groups attached to an aromatic ring is 1. The van der Waals surface area contributed by atoms with Gasteiger partial charge in [0, 0.05) is 5.92 Å². The van der Waals surface area contributed by atoms with E-state index in [-0.39, 0.29) is 18.4 Å². The molecule has 0 aromatic heterocycles. The first-order chi connectivity index (χ1) is 10.1. The Balaban J connectivity index is 2.24. The summed E-state index contributed by atoms with van der Waals surface area (Å²) >= 11 is 0. The molecule has 1 aromatic rings. The van der Waals surface area contributed by atoms with Crippen molar-refractivity contribution in [2.45, 2.75) is 38.5 Å². The zero-order valence-electron chi connectivity index (χ0n) is 12.1. The van der Waals surface area contributed by atoms with Gasteiger partial charge in [0.2, 0.25) is 5.91 Å². The third kappa shape index (κ3) is 3.97. The van der Waals surface area contributed by atoms with Crippen LogP contribution in [0.1, 0.15) is 38.5 Å². The maximum absolute atomic E-state index is 12.7. The van der Waals surface area contributed by atoms with E-state index in [0.717, 1.165) is 38.5 Å². The molecule has 1 amide bonds. The lowest BCUT2D eigenvalue weighted by Gasteiger charge is -2.26. The minimum absolute atomic E-state index is 0.0912. The van der Waals surface area contributed by atoms with Gasteiger partial charge in [0.15, 0.2) is 0 Å². The number of carbonyl (C=O) groups excluding carboxylic acids is 1. The van der Waals surface area contributed by atoms with Crippen molar-refractivity contribution in [1.29, 1.82) is 0 Å². The van der Waals surface area contributed by atoms with E-state index in [1.807, 2.05) is 0 Å². The Morgan fingerprint density at radius 2 is 1.76 bits per heavy atom. The van der Waals surface area contributed by atoms with Crippen LogP contribution in [0, 0.1) is 5.92 Å². The van der Waals surface area contributed by atoms with E-state index in [9.17, 15) is 9.59 Å². The van der Waals surface area contributed by atoms with Crippen LogP contribution >= 0.6 is 0 Å². The molecule has 0 spiro atoms. The lowest BCUT2D eigenvalue weighted by molar-refractivity contribution is -0.137. The van der Waals surface area contributed by atoms with Gasteiger partial charge in [0.25, 0.3) is 0 Å². The number of amides is 1. The summed E-state index contributed by atoms with van der Waals surface area (Å²) in [6.45, 7) is -0.344. The molecular formula is C16H22N2O3. The van der Waals surface area contributed by atoms with Crippen LogP contribution in [0.25, 0.3) is 0 Å². The highest BCUT2D eigenvalue weighted by molar-refractivity contribution is 6.01. The maximum Gasteiger partial charge on any atom is 0.323 e. The fourth-order valence-electron chi connectivity index (χ4n) is 2.90. The zero-order chi connectivity index (χ0) is 15.2. The number of carboxylic acids is 1. The third-order valence-electron chi connectivity index (χ3n) is 3.99. The van der Waals surface area contributed by atoms with Gasteiger partial charge in [-0.1, -0.05) is 37.8 Å². The summed E-state index contributed by atoms with van der Waals surface area (Å²) < 4.78 is 0. The number of benzene rings is 1. The Bertz CT molecular complexity index is 508. The molecule has 1 aliphatic carbocycles. The molecule has 0 heterocycles. The summed E-state index contributed by atoms with van der Waals surface area (Å²) in [6, 6.07) is 6.92. The number of anilines is 2. The quantitative estimate of drug-likeness (QED) is 0.659. The fraction of sp³-hybridized carbons (Fsp3) is 0.500. The van der Waals surface area contributed by atoms with E-state index < -0.39 is 5.97 Å². The lowest BCUT2D eigenvalue weighted by Crippen LogP contribution is -2.40. The van der Waals surface area contributed by atoms with E-state index in [1.165, 1.54) is 4.90 Å². The second-order valence-electron chi connectivity index (χ2n) is 5.57. The van der Waals surface area contributed by atoms with E-state index in [0.29, 0.717) is 11.4 Å². The SMILES string of the molecule is Nc1ccccc1N(CC(=O)O)C(=O)C1CCCCCC1. The minimum atomic E-state index is -1.03. The molecule has 0 aliphatic heterocycles. The number of hydrogen-bond donors (Lipinski definition) is 2. The number of aliphatic carboxylic acids is 1. The molecule has 0 radical (unpaired) electrons. The first-order valence-electron chi connectivity index (χ1n) is 7.47. The number of carboxylic acid groups (broad SMARTS) is 1. The topological polar surface area (TPSA) is 83.6 Å². The van der Waals surface area contributed by atoms with Gasteiger partial charge in [-0.05, 0) is 25.0 Å². The van der Waals surface area contributed by atoms with Gasteiger partial charge in [-0.2, -0.15) is 0 Å². The number of para-hydroxylation sites is 2. The average molecular weight is 290 g/mol. The van der Waals surface area contributed by atoms with Crippen molar-refractivity contribution >= 4 is 23.3 Å². The van der Waals surface area contributed by atoms with Crippen molar-refractivity contribution in [3.8, 4) is 0 Å². The Morgan fingerprint density at radius 3 is 2.33 bits per heavy atom. The van der Waals surface area contributed by atoms with Crippen molar-refractivity contribution in [3.63, 3.8) is 0 Å². The molecule has 5 heteroatoms. The van der Waals surface area contributed by atoms with Crippen LogP contribution in [-0.2, 0) is 9.59 Å². The van der Waals surface area contributed by atoms with Crippen molar-refractivity contribution in [2.75, 3.05) is 17.2 Å². The molecule has 0 unspecified atom stereocenters. The first-order valence-corrected chi connectivity index (χ1v) is 7.47. The molecule has 2 rings (SSSR count). The monoisotopic (exact) mass is 290 g/mol. The van der Waals surface area contributed by atoms with Gasteiger partial charge in [-0.25, -0.2) is 0 Å². The van der Waals surface area contributed by atoms with Crippen molar-refractivity contribution in [2.24, 2.45) is 5.92 Å². The molecule has 5 nitrogen and oxygen atoms in total. The van der Waals surface area contributed by atoms with Crippen LogP contribution in [0.2, 0.25) is 0 Å². The van der Waals surface area contributed by atoms with Gasteiger partial charge >= 0.3 is 5.97 Å². The predicted octanol–water partition coefficient (Wildman–Crippen LogP) is 2.66. The standard InChI is InChI=1S/C16H22N2O3/c17-13-9-5-6-10-14(13)18(11-15(19)20)16(21)12-7-3-1-2-4-8-12/h5-6,9-10,12H,1-4,7-8,11,17H2,(H,19,20). The highest BCUT2D eigenvalue weighted by Gasteiger charge is 2.28. The van der Waals surface area contributed by atoms with E-state index in [2.05, 4.69) is 0 Å². The number of rotatable bonds is 4. The number of hydrogen-bond acceptors (Lipinski definition) is 3. The second kappa shape index (κ2) is 7.11. The summed E-state index contributed by atoms with van der Waals surface area (Å²) in [5, 5.41) is 9.10. The Kier molecular flexibility index (Phi) is 5.20. The lowest BCUT2D eigenvalue weighted by atomic mass is 9.98. The van der Waals surface area contributed by atoms with Crippen molar-refractivity contribution < 1.29 is 14.7 Å². The fourth-order valence-corrected chi connectivity index (χ4v) is 2.90. The van der Waals surface area contributed by atoms with Gasteiger partial charge in [0.05, 0.1) is 11.4 Å². The average Bonchev–Trinajstić information content (AvgIpc) is 2.74. The molecular weight excluding hydrogens is 268 g/mol. The molecule has 1 aliphatic rings. The van der Waals surface area contributed by atoms with Crippen LogP contribution in [0.5, 0.6) is 0 Å². The van der Waals surface area contributed by atoms with Gasteiger partial charge < -0.3 is 10.8 Å². The summed E-state index contributed by atoms with van der Waals surface area (Å²) in [6.07, 6.45) is 6.03. The predicted molar refractivity (Wildman–Crippen MR) is 82.0 cm³/mol. The molecule has 1 saturated carbocycles. The summed E-state index contributed by atoms with van der Waals surface area (Å²) in [4.78, 5) is 25.2. The van der Waals surface area contributed by atoms with Gasteiger partial charge in [0.1, 0.15) is 6.54 Å². The normalized spacial score (nSPS) is 16.2. The molecule has 0 bridgehead atoms. The summed E-state index contributed by atoms with van der Waals surface area (Å²) in [7, 11) is 0. The summed E-state index contributed by atoms with van der Waals surface area (Å²) in [5.41, 5.74) is 6.83. The molecule has 1 fully saturated rings. The van der Waals surface area contributed by atoms with Crippen molar-refractivity contribution in [3.05, 3.63) is 24.3 Å². The highest BCUT2D eigenvalue weighted by Crippen LogP contribution is 2.29. The Labute approximate surface area is 124 Å². The van der Waals surface area contributed by atoms with Gasteiger partial charge in [-0.15, -0.1) is 0 Å². The Morgan fingerprint density at radius 1 is 1.14 bits per heavy atom. The van der Waals surface area contributed by atoms with Crippen LogP contribution in [0.4, 0.5) is 11.4 Å². The van der Waals surface area contributed by atoms with E-state index in [4.69, 9.17) is 10.8 Å². The molecule has 21 heavy (non-hydrogen) atoms. The van der Waals surface area contributed by atoms with Crippen LogP contribution in [-0.4, -0.2) is 23.5 Å². The first kappa shape index (κ1) is 15.4. The molecule has 0 atom stereocenters. The Hall–Kier alpha value is -2.04. The highest BCUT2D eigenvalue weighted by atomic mass is 16.4. The molecule has 0 saturated heterocycles. The molecule has 114 valence electrons. The number of nitrogens with zero attached hydrogens (tertiary/aromatic N) is 1. The zero-order valence-corrected chi connectivity index (χ0v) is 12.1. The number of carbonyl (C=O) groups is 2. The van der Waals surface area contributed by atoms with Crippen molar-refractivity contribution in [1.82, 2.24) is 0 Å². The van der Waals surface area contributed by atoms with Crippen LogP contribution in [0.3, 0.4) is 0 Å². The molecule has 1 aromatic carbocycles. The largest absolute Gasteiger partial charge is 0.480 e. The third-order valence-corrected chi connectivity index (χ3v) is 3.99. The van der Waals surface area contributed by atoms with Gasteiger partial charge in [-0.3, -0.25) is 14.5 Å². The van der Waals surface area contributed by atoms with Crippen LogP contribution < -0.4 is 10.6 Å². The maximum atomic E-state index is 12.7. The molecule has 3 N–H and O–H groups in total. The second-order valence-corrected chi connectivity index (χ2v) is 5.57. The smallest absolute Gasteiger partial charge is 0.323 e. The summed E-state index contributed by atoms with van der Waals surface area (Å²) in [5.74, 6) is -1.23. The number of nitrogens with two attached hydrogens (primary N) is 1. The van der Waals surface area contributed by atoms with E-state index in [1.54, 1.807) is 24.3 Å². The minimum Gasteiger partial charge on any atom is -0.480 e.